The summed E-state index contributed by atoms with van der Waals surface area (Å²) in [6.07, 6.45) is 3.09. The van der Waals surface area contributed by atoms with Crippen molar-refractivity contribution in [1.29, 1.82) is 5.26 Å². The molecule has 0 spiro atoms. The topological polar surface area (TPSA) is 201 Å². The predicted octanol–water partition coefficient (Wildman–Crippen LogP) is 0.954. The molecule has 3 heterocycles. The molecule has 32 heavy (non-hydrogen) atoms. The Kier molecular flexibility index (Phi) is 8.70. The first-order valence-corrected chi connectivity index (χ1v) is 12.1. The van der Waals surface area contributed by atoms with Gasteiger partial charge < -0.3 is 21.7 Å². The van der Waals surface area contributed by atoms with Crippen LogP contribution in [-0.4, -0.2) is 66.5 Å². The molecule has 0 radical (unpaired) electrons. The Morgan fingerprint density at radius 1 is 1.47 bits per heavy atom. The number of nitrogens with two attached hydrogens (primary N) is 2. The first-order chi connectivity index (χ1) is 15.1. The molecule has 0 aromatic carbocycles. The fraction of sp³-hybridized carbons (Fsp3) is 0.333. The van der Waals surface area contributed by atoms with Crippen molar-refractivity contribution in [3.63, 3.8) is 0 Å². The number of thioether (sulfide) groups is 2. The number of anilines is 1. The maximum atomic E-state index is 11.4. The van der Waals surface area contributed by atoms with Crippen LogP contribution in [0.15, 0.2) is 22.7 Å². The van der Waals surface area contributed by atoms with Crippen LogP contribution in [0.5, 0.6) is 0 Å². The lowest BCUT2D eigenvalue weighted by Crippen LogP contribution is -2.54. The van der Waals surface area contributed by atoms with Crippen molar-refractivity contribution in [1.82, 2.24) is 9.88 Å². The molecule has 0 aliphatic carbocycles. The van der Waals surface area contributed by atoms with Crippen LogP contribution in [0.25, 0.3) is 5.57 Å². The average molecular weight is 498 g/mol. The number of carboxylic acid groups (broad SMARTS) is 2. The largest absolute Gasteiger partial charge is 0.481 e. The van der Waals surface area contributed by atoms with Crippen molar-refractivity contribution in [3.8, 4) is 6.07 Å². The Labute approximate surface area is 195 Å². The number of thiazole rings is 1. The van der Waals surface area contributed by atoms with Crippen molar-refractivity contribution in [2.24, 2.45) is 5.73 Å². The van der Waals surface area contributed by atoms with Crippen LogP contribution in [0.2, 0.25) is 0 Å². The number of carboxylic acids is 2. The van der Waals surface area contributed by atoms with Crippen LogP contribution < -0.4 is 11.5 Å². The third kappa shape index (κ3) is 5.81. The second kappa shape index (κ2) is 11.0. The number of hydrogen-bond acceptors (Lipinski definition) is 10. The predicted molar refractivity (Wildman–Crippen MR) is 121 cm³/mol. The molecule has 14 heteroatoms. The van der Waals surface area contributed by atoms with Crippen LogP contribution in [0.3, 0.4) is 0 Å². The van der Waals surface area contributed by atoms with Gasteiger partial charge in [-0.1, -0.05) is 6.08 Å². The zero-order valence-electron chi connectivity index (χ0n) is 16.7. The van der Waals surface area contributed by atoms with E-state index in [9.17, 15) is 24.3 Å². The molecular formula is C18H19N5O6S3. The number of amides is 2. The minimum Gasteiger partial charge on any atom is -0.481 e. The average Bonchev–Trinajstić information content (AvgIpc) is 3.14. The summed E-state index contributed by atoms with van der Waals surface area (Å²) >= 11 is 3.97. The third-order valence-electron chi connectivity index (χ3n) is 4.30. The minimum absolute atomic E-state index is 0.0194. The van der Waals surface area contributed by atoms with E-state index in [1.807, 2.05) is 0 Å². The second-order valence-corrected chi connectivity index (χ2v) is 9.31. The van der Waals surface area contributed by atoms with Crippen LogP contribution in [0.4, 0.5) is 5.13 Å². The second-order valence-electron chi connectivity index (χ2n) is 6.31. The molecular weight excluding hydrogens is 478 g/mol. The van der Waals surface area contributed by atoms with E-state index in [4.69, 9.17) is 21.8 Å². The molecule has 2 atom stereocenters. The fourth-order valence-corrected chi connectivity index (χ4v) is 5.40. The summed E-state index contributed by atoms with van der Waals surface area (Å²) < 4.78 is 0. The van der Waals surface area contributed by atoms with E-state index in [1.165, 1.54) is 34.5 Å². The van der Waals surface area contributed by atoms with Gasteiger partial charge in [-0.25, -0.2) is 9.78 Å². The molecule has 170 valence electrons. The van der Waals surface area contributed by atoms with E-state index >= 15 is 0 Å². The lowest BCUT2D eigenvalue weighted by molar-refractivity contribution is -0.146. The highest BCUT2D eigenvalue weighted by Crippen LogP contribution is 2.42. The van der Waals surface area contributed by atoms with E-state index in [-0.39, 0.29) is 29.0 Å². The van der Waals surface area contributed by atoms with Crippen molar-refractivity contribution >= 4 is 69.3 Å². The summed E-state index contributed by atoms with van der Waals surface area (Å²) in [5.41, 5.74) is 11.4. The zero-order chi connectivity index (χ0) is 24.0. The monoisotopic (exact) mass is 497 g/mol. The molecule has 6 N–H and O–H groups in total. The summed E-state index contributed by atoms with van der Waals surface area (Å²) in [7, 11) is 0. The number of nitrogens with zero attached hydrogens (tertiary/aromatic N) is 3. The highest BCUT2D eigenvalue weighted by atomic mass is 32.2. The van der Waals surface area contributed by atoms with Gasteiger partial charge in [0.25, 0.3) is 5.91 Å². The summed E-state index contributed by atoms with van der Waals surface area (Å²) in [6.45, 7) is 0. The summed E-state index contributed by atoms with van der Waals surface area (Å²) in [6, 6.07) is 2.07. The van der Waals surface area contributed by atoms with Gasteiger partial charge in [0.2, 0.25) is 5.91 Å². The molecule has 1 saturated heterocycles. The summed E-state index contributed by atoms with van der Waals surface area (Å²) in [4.78, 5) is 49.2. The number of carbonyl (C=O) groups is 4. The first-order valence-electron chi connectivity index (χ1n) is 8.86. The van der Waals surface area contributed by atoms with E-state index in [2.05, 4.69) is 11.1 Å². The number of nitrogen functional groups attached to an aromatic ring is 1. The molecule has 1 aromatic rings. The van der Waals surface area contributed by atoms with Crippen LogP contribution in [0.1, 0.15) is 18.5 Å². The molecule has 1 aromatic heterocycles. The van der Waals surface area contributed by atoms with Gasteiger partial charge in [0.1, 0.15) is 10.9 Å². The Balaban J connectivity index is 0.000000229. The number of β-lactam (4-membered cyclic amide) rings is 1. The fourth-order valence-electron chi connectivity index (χ4n) is 2.84. The Morgan fingerprint density at radius 2 is 2.16 bits per heavy atom. The molecule has 2 aliphatic rings. The van der Waals surface area contributed by atoms with Crippen molar-refractivity contribution < 1.29 is 29.4 Å². The first kappa shape index (κ1) is 25.2. The van der Waals surface area contributed by atoms with Gasteiger partial charge in [-0.3, -0.25) is 19.3 Å². The number of rotatable bonds is 7. The van der Waals surface area contributed by atoms with E-state index in [1.54, 1.807) is 11.6 Å². The van der Waals surface area contributed by atoms with Gasteiger partial charge in [-0.2, -0.15) is 5.26 Å². The SMILES string of the molecule is CSC(C#N)C1=C(C(=O)O)N2C(=O)C[C@@H]2SC1.NC(=O)C(=CCC(=O)O)c1csc(N)n1. The van der Waals surface area contributed by atoms with E-state index in [0.29, 0.717) is 28.6 Å². The summed E-state index contributed by atoms with van der Waals surface area (Å²) in [5, 5.41) is 28.0. The van der Waals surface area contributed by atoms with Crippen LogP contribution in [-0.2, 0) is 19.2 Å². The highest BCUT2D eigenvalue weighted by molar-refractivity contribution is 8.01. The Hall–Kier alpha value is -3.02. The van der Waals surface area contributed by atoms with E-state index < -0.39 is 23.1 Å². The van der Waals surface area contributed by atoms with Gasteiger partial charge in [0, 0.05) is 11.1 Å². The molecule has 0 saturated carbocycles. The molecule has 0 bridgehead atoms. The van der Waals surface area contributed by atoms with Gasteiger partial charge in [0.05, 0.1) is 35.6 Å². The Morgan fingerprint density at radius 3 is 2.59 bits per heavy atom. The molecule has 1 fully saturated rings. The number of aromatic nitrogens is 1. The van der Waals surface area contributed by atoms with Crippen molar-refractivity contribution in [2.75, 3.05) is 17.7 Å². The minimum atomic E-state index is -1.12. The zero-order valence-corrected chi connectivity index (χ0v) is 19.1. The van der Waals surface area contributed by atoms with Crippen LogP contribution >= 0.6 is 34.9 Å². The number of carbonyl (C=O) groups excluding carboxylic acids is 2. The van der Waals surface area contributed by atoms with Gasteiger partial charge >= 0.3 is 11.9 Å². The maximum absolute atomic E-state index is 11.4. The van der Waals surface area contributed by atoms with Crippen molar-refractivity contribution in [3.05, 3.63) is 28.4 Å². The Bertz CT molecular complexity index is 1040. The van der Waals surface area contributed by atoms with Gasteiger partial charge in [0.15, 0.2) is 5.13 Å². The number of primary amides is 1. The number of nitriles is 1. The van der Waals surface area contributed by atoms with E-state index in [0.717, 1.165) is 11.3 Å². The smallest absolute Gasteiger partial charge is 0.352 e. The molecule has 3 rings (SSSR count). The van der Waals surface area contributed by atoms with Crippen molar-refractivity contribution in [2.45, 2.75) is 23.5 Å². The number of fused-ring (bicyclic) bond motifs is 1. The lowest BCUT2D eigenvalue weighted by atomic mass is 10.1. The molecule has 2 aliphatic heterocycles. The molecule has 11 nitrogen and oxygen atoms in total. The highest BCUT2D eigenvalue weighted by Gasteiger charge is 2.46. The van der Waals surface area contributed by atoms with Gasteiger partial charge in [-0.15, -0.1) is 34.9 Å². The molecule has 1 unspecified atom stereocenters. The normalized spacial score (nSPS) is 18.5. The number of aliphatic carboxylic acids is 2. The van der Waals surface area contributed by atoms with Crippen LogP contribution in [0, 0.1) is 11.3 Å². The maximum Gasteiger partial charge on any atom is 0.352 e. The lowest BCUT2D eigenvalue weighted by Gasteiger charge is -2.44. The molecule has 2 amide bonds. The third-order valence-corrected chi connectivity index (χ3v) is 7.07. The quantitative estimate of drug-likeness (QED) is 0.309. The number of hydrogen-bond donors (Lipinski definition) is 4. The van der Waals surface area contributed by atoms with Gasteiger partial charge in [-0.05, 0) is 11.8 Å². The standard InChI is InChI=1S/C10H10N2O3S2.C8H9N3O3S/c1-16-6(3-11)5-4-17-8-2-7(13)12(8)9(5)10(14)15;9-7(14)4(1-2-6(12)13)5-3-15-8(10)11-5/h6,8H,2,4H2,1H3,(H,14,15);1,3H,2H2,(H2,9,14)(H2,10,11)(H,12,13)/t6?,8-;/m0./s1. The summed E-state index contributed by atoms with van der Waals surface area (Å²) in [5.74, 6) is -2.55.